The van der Waals surface area contributed by atoms with Gasteiger partial charge in [0.25, 0.3) is 0 Å². The fourth-order valence-corrected chi connectivity index (χ4v) is 1.79. The Kier molecular flexibility index (Phi) is 2.64. The van der Waals surface area contributed by atoms with Gasteiger partial charge in [0.1, 0.15) is 10.8 Å². The monoisotopic (exact) mass is 228 g/mol. The molecule has 0 N–H and O–H groups in total. The van der Waals surface area contributed by atoms with Gasteiger partial charge in [-0.15, -0.1) is 0 Å². The van der Waals surface area contributed by atoms with Crippen LogP contribution in [0.4, 0.5) is 4.39 Å². The molecule has 0 aliphatic carbocycles. The van der Waals surface area contributed by atoms with Crippen molar-refractivity contribution in [1.29, 1.82) is 0 Å². The van der Waals surface area contributed by atoms with Crippen molar-refractivity contribution >= 4 is 24.2 Å². The highest BCUT2D eigenvalue weighted by Crippen LogP contribution is 2.30. The topological polar surface area (TPSA) is 35.0 Å². The molecule has 0 saturated carbocycles. The Morgan fingerprint density at radius 1 is 1.36 bits per heavy atom. The summed E-state index contributed by atoms with van der Waals surface area (Å²) in [5.41, 5.74) is 0.631. The number of thiol groups is 1. The van der Waals surface area contributed by atoms with E-state index in [1.165, 1.54) is 23.6 Å². The molecule has 0 radical (unpaired) electrons. The number of thiazole rings is 1. The number of rotatable bonds is 2. The second-order valence-electron chi connectivity index (χ2n) is 2.47. The summed E-state index contributed by atoms with van der Waals surface area (Å²) in [6.45, 7) is 0. The smallest absolute Gasteiger partial charge is 0.210 e. The zero-order chi connectivity index (χ0) is 9.97. The fourth-order valence-electron chi connectivity index (χ4n) is 0.964. The van der Waals surface area contributed by atoms with Crippen LogP contribution in [-0.2, 0) is 0 Å². The summed E-state index contributed by atoms with van der Waals surface area (Å²) in [5.74, 6) is -0.383. The zero-order valence-corrected chi connectivity index (χ0v) is 8.56. The van der Waals surface area contributed by atoms with Crippen LogP contribution in [0.5, 0.6) is 5.06 Å². The maximum Gasteiger partial charge on any atom is 0.210 e. The molecule has 0 unspecified atom stereocenters. The summed E-state index contributed by atoms with van der Waals surface area (Å²) in [6.07, 6.45) is 4.22. The Morgan fingerprint density at radius 3 is 2.86 bits per heavy atom. The molecule has 14 heavy (non-hydrogen) atoms. The molecule has 0 bridgehead atoms. The minimum Gasteiger partial charge on any atom is -0.416 e. The van der Waals surface area contributed by atoms with E-state index in [0.29, 0.717) is 15.6 Å². The largest absolute Gasteiger partial charge is 0.416 e. The fraction of sp³-hybridized carbons (Fsp3) is 0. The molecule has 2 aromatic rings. The van der Waals surface area contributed by atoms with Crippen LogP contribution in [0.15, 0.2) is 24.7 Å². The maximum atomic E-state index is 12.8. The molecule has 0 fully saturated rings. The Balaban J connectivity index is 2.39. The van der Waals surface area contributed by atoms with Crippen molar-refractivity contribution in [2.75, 3.05) is 0 Å². The average molecular weight is 228 g/mol. The van der Waals surface area contributed by atoms with E-state index in [4.69, 9.17) is 0 Å². The van der Waals surface area contributed by atoms with Crippen LogP contribution >= 0.6 is 24.2 Å². The van der Waals surface area contributed by atoms with E-state index in [9.17, 15) is 4.39 Å². The van der Waals surface area contributed by atoms with Gasteiger partial charge in [-0.2, -0.15) is 0 Å². The highest BCUT2D eigenvalue weighted by atomic mass is 32.1. The first-order valence-corrected chi connectivity index (χ1v) is 4.86. The quantitative estimate of drug-likeness (QED) is 0.633. The summed E-state index contributed by atoms with van der Waals surface area (Å²) >= 11 is 4.92. The van der Waals surface area contributed by atoms with E-state index < -0.39 is 0 Å². The molecule has 2 rings (SSSR count). The standard InChI is InChI=1S/C8H5FN2OS2/c9-6-1-5(2-10-3-6)8-11-4-7(12-13)14-8/h1-4,13H. The lowest BCUT2D eigenvalue weighted by molar-refractivity contribution is 0.622. The van der Waals surface area contributed by atoms with Gasteiger partial charge in [-0.25, -0.2) is 9.37 Å². The van der Waals surface area contributed by atoms with Gasteiger partial charge in [-0.3, -0.25) is 4.98 Å². The molecule has 0 aliphatic heterocycles. The van der Waals surface area contributed by atoms with Gasteiger partial charge in [0.2, 0.25) is 5.06 Å². The summed E-state index contributed by atoms with van der Waals surface area (Å²) in [6, 6.07) is 1.37. The number of pyridine rings is 1. The zero-order valence-electron chi connectivity index (χ0n) is 6.85. The maximum absolute atomic E-state index is 12.8. The average Bonchev–Trinajstić information content (AvgIpc) is 2.66. The molecule has 0 saturated heterocycles. The molecular weight excluding hydrogens is 223 g/mol. The van der Waals surface area contributed by atoms with Gasteiger partial charge in [0, 0.05) is 24.7 Å². The van der Waals surface area contributed by atoms with Gasteiger partial charge in [0.05, 0.1) is 12.4 Å². The summed E-state index contributed by atoms with van der Waals surface area (Å²) in [4.78, 5) is 7.76. The Bertz CT molecular complexity index is 446. The van der Waals surface area contributed by atoms with E-state index >= 15 is 0 Å². The Morgan fingerprint density at radius 2 is 2.21 bits per heavy atom. The molecule has 2 aromatic heterocycles. The van der Waals surface area contributed by atoms with Gasteiger partial charge >= 0.3 is 0 Å². The van der Waals surface area contributed by atoms with Crippen LogP contribution in [0.3, 0.4) is 0 Å². The molecule has 0 aliphatic rings. The lowest BCUT2D eigenvalue weighted by atomic mass is 10.3. The van der Waals surface area contributed by atoms with Crippen LogP contribution in [0.1, 0.15) is 0 Å². The van der Waals surface area contributed by atoms with Crippen LogP contribution in [0, 0.1) is 5.82 Å². The number of aromatic nitrogens is 2. The normalized spacial score (nSPS) is 10.1. The first kappa shape index (κ1) is 9.42. The molecular formula is C8H5FN2OS2. The first-order chi connectivity index (χ1) is 6.79. The first-order valence-electron chi connectivity index (χ1n) is 3.68. The minimum absolute atomic E-state index is 0.383. The third-order valence-electron chi connectivity index (χ3n) is 1.53. The summed E-state index contributed by atoms with van der Waals surface area (Å²) < 4.78 is 17.5. The van der Waals surface area contributed by atoms with Crippen LogP contribution < -0.4 is 4.18 Å². The minimum atomic E-state index is -0.383. The molecule has 0 aromatic carbocycles. The van der Waals surface area contributed by atoms with Crippen molar-refractivity contribution < 1.29 is 8.57 Å². The predicted octanol–water partition coefficient (Wildman–Crippen LogP) is 2.57. The van der Waals surface area contributed by atoms with Gasteiger partial charge in [-0.1, -0.05) is 11.3 Å². The molecule has 0 amide bonds. The van der Waals surface area contributed by atoms with E-state index in [1.54, 1.807) is 6.20 Å². The van der Waals surface area contributed by atoms with Crippen LogP contribution in [0.2, 0.25) is 0 Å². The molecule has 6 heteroatoms. The summed E-state index contributed by atoms with van der Waals surface area (Å²) in [7, 11) is 0. The SMILES string of the molecule is Fc1cncc(-c2ncc(OS)s2)c1. The second-order valence-corrected chi connectivity index (χ2v) is 3.64. The van der Waals surface area contributed by atoms with Crippen molar-refractivity contribution in [2.45, 2.75) is 0 Å². The third-order valence-corrected chi connectivity index (χ3v) is 2.77. The van der Waals surface area contributed by atoms with Crippen molar-refractivity contribution in [3.63, 3.8) is 0 Å². The van der Waals surface area contributed by atoms with Crippen molar-refractivity contribution in [3.8, 4) is 15.6 Å². The van der Waals surface area contributed by atoms with E-state index in [0.717, 1.165) is 6.20 Å². The second kappa shape index (κ2) is 3.93. The third kappa shape index (κ3) is 1.85. The lowest BCUT2D eigenvalue weighted by Gasteiger charge is -1.93. The Labute approximate surface area is 89.2 Å². The number of nitrogens with zero attached hydrogens (tertiary/aromatic N) is 2. The predicted molar refractivity (Wildman–Crippen MR) is 54.9 cm³/mol. The van der Waals surface area contributed by atoms with Gasteiger partial charge in [-0.05, 0) is 6.07 Å². The van der Waals surface area contributed by atoms with Crippen molar-refractivity contribution in [2.24, 2.45) is 0 Å². The number of halogens is 1. The van der Waals surface area contributed by atoms with E-state index in [-0.39, 0.29) is 5.82 Å². The van der Waals surface area contributed by atoms with Gasteiger partial charge in [0.15, 0.2) is 0 Å². The molecule has 0 spiro atoms. The molecule has 72 valence electrons. The Hall–Kier alpha value is -1.14. The van der Waals surface area contributed by atoms with E-state index in [2.05, 4.69) is 27.1 Å². The van der Waals surface area contributed by atoms with Crippen molar-refractivity contribution in [1.82, 2.24) is 9.97 Å². The molecule has 0 atom stereocenters. The van der Waals surface area contributed by atoms with Gasteiger partial charge < -0.3 is 4.18 Å². The number of hydrogen-bond acceptors (Lipinski definition) is 5. The highest BCUT2D eigenvalue weighted by molar-refractivity contribution is 7.75. The highest BCUT2D eigenvalue weighted by Gasteiger charge is 2.06. The molecule has 3 nitrogen and oxygen atoms in total. The summed E-state index contributed by atoms with van der Waals surface area (Å²) in [5, 5.41) is 1.22. The van der Waals surface area contributed by atoms with Crippen LogP contribution in [-0.4, -0.2) is 9.97 Å². The van der Waals surface area contributed by atoms with Crippen molar-refractivity contribution in [3.05, 3.63) is 30.5 Å². The number of hydrogen-bond donors (Lipinski definition) is 1. The van der Waals surface area contributed by atoms with Crippen LogP contribution in [0.25, 0.3) is 10.6 Å². The molecule has 2 heterocycles. The lowest BCUT2D eigenvalue weighted by Crippen LogP contribution is -1.81. The van der Waals surface area contributed by atoms with E-state index in [1.807, 2.05) is 0 Å².